The Kier molecular flexibility index (Phi) is 6.38. The summed E-state index contributed by atoms with van der Waals surface area (Å²) in [6.07, 6.45) is -2.39. The van der Waals surface area contributed by atoms with Crippen molar-refractivity contribution >= 4 is 17.5 Å². The lowest BCUT2D eigenvalue weighted by molar-refractivity contribution is -0.137. The van der Waals surface area contributed by atoms with Crippen molar-refractivity contribution < 1.29 is 27.5 Å². The zero-order valence-electron chi connectivity index (χ0n) is 15.4. The first-order valence-electron chi connectivity index (χ1n) is 9.05. The van der Waals surface area contributed by atoms with Gasteiger partial charge in [-0.2, -0.15) is 13.2 Å². The van der Waals surface area contributed by atoms with Crippen molar-refractivity contribution in [2.45, 2.75) is 25.1 Å². The van der Waals surface area contributed by atoms with Gasteiger partial charge in [0.2, 0.25) is 11.8 Å². The van der Waals surface area contributed by atoms with Crippen LogP contribution < -0.4 is 20.7 Å². The quantitative estimate of drug-likeness (QED) is 0.627. The van der Waals surface area contributed by atoms with E-state index in [1.54, 1.807) is 24.3 Å². The molecule has 29 heavy (non-hydrogen) atoms. The van der Waals surface area contributed by atoms with Gasteiger partial charge in [0.05, 0.1) is 18.7 Å². The third-order valence-electron chi connectivity index (χ3n) is 4.07. The van der Waals surface area contributed by atoms with Crippen LogP contribution in [0.1, 0.15) is 18.4 Å². The molecule has 1 fully saturated rings. The normalized spacial score (nSPS) is 13.6. The molecule has 0 heterocycles. The maximum Gasteiger partial charge on any atom is 0.416 e. The first-order valence-corrected chi connectivity index (χ1v) is 9.05. The van der Waals surface area contributed by atoms with Gasteiger partial charge in [0.15, 0.2) is 0 Å². The number of halogens is 3. The average molecular weight is 407 g/mol. The SMILES string of the molecule is O=C(CNCC(=O)NC1CC1)Nc1ccc(Oc2ccc(C(F)(F)F)cc2)cc1. The maximum absolute atomic E-state index is 12.6. The van der Waals surface area contributed by atoms with Crippen LogP contribution in [0.2, 0.25) is 0 Å². The van der Waals surface area contributed by atoms with Gasteiger partial charge in [0, 0.05) is 11.7 Å². The van der Waals surface area contributed by atoms with Gasteiger partial charge < -0.3 is 15.4 Å². The highest BCUT2D eigenvalue weighted by atomic mass is 19.4. The van der Waals surface area contributed by atoms with Gasteiger partial charge in [-0.3, -0.25) is 14.9 Å². The van der Waals surface area contributed by atoms with Crippen molar-refractivity contribution in [3.8, 4) is 11.5 Å². The standard InChI is InChI=1S/C20H20F3N3O3/c21-20(22,23)13-1-7-16(8-2-13)29-17-9-5-15(6-10-17)26-19(28)12-24-11-18(27)25-14-3-4-14/h1-2,5-10,14,24H,3-4,11-12H2,(H,25,27)(H,26,28). The number of rotatable bonds is 8. The molecule has 1 saturated carbocycles. The lowest BCUT2D eigenvalue weighted by atomic mass is 10.2. The van der Waals surface area contributed by atoms with Crippen molar-refractivity contribution in [1.29, 1.82) is 0 Å². The monoisotopic (exact) mass is 407 g/mol. The molecule has 3 rings (SSSR count). The molecule has 2 aromatic rings. The third-order valence-corrected chi connectivity index (χ3v) is 4.07. The molecule has 154 valence electrons. The van der Waals surface area contributed by atoms with E-state index < -0.39 is 11.7 Å². The number of ether oxygens (including phenoxy) is 1. The summed E-state index contributed by atoms with van der Waals surface area (Å²) >= 11 is 0. The summed E-state index contributed by atoms with van der Waals surface area (Å²) < 4.78 is 43.2. The highest BCUT2D eigenvalue weighted by Gasteiger charge is 2.30. The van der Waals surface area contributed by atoms with Crippen LogP contribution in [0.25, 0.3) is 0 Å². The van der Waals surface area contributed by atoms with Crippen LogP contribution in [0, 0.1) is 0 Å². The lowest BCUT2D eigenvalue weighted by Crippen LogP contribution is -2.38. The van der Waals surface area contributed by atoms with E-state index in [-0.39, 0.29) is 36.7 Å². The number of nitrogens with one attached hydrogen (secondary N) is 3. The molecule has 0 spiro atoms. The highest BCUT2D eigenvalue weighted by molar-refractivity contribution is 5.92. The summed E-state index contributed by atoms with van der Waals surface area (Å²) in [5.41, 5.74) is -0.222. The van der Waals surface area contributed by atoms with Gasteiger partial charge in [-0.15, -0.1) is 0 Å². The van der Waals surface area contributed by atoms with E-state index >= 15 is 0 Å². The lowest BCUT2D eigenvalue weighted by Gasteiger charge is -2.10. The van der Waals surface area contributed by atoms with Crippen LogP contribution >= 0.6 is 0 Å². The summed E-state index contributed by atoms with van der Waals surface area (Å²) in [5, 5.41) is 8.25. The summed E-state index contributed by atoms with van der Waals surface area (Å²) in [6, 6.07) is 11.0. The third kappa shape index (κ3) is 6.79. The second kappa shape index (κ2) is 8.95. The van der Waals surface area contributed by atoms with E-state index in [0.29, 0.717) is 11.4 Å². The molecule has 3 N–H and O–H groups in total. The summed E-state index contributed by atoms with van der Waals surface area (Å²) in [6.45, 7) is 0.0612. The molecule has 6 nitrogen and oxygen atoms in total. The van der Waals surface area contributed by atoms with Gasteiger partial charge in [0.1, 0.15) is 11.5 Å². The van der Waals surface area contributed by atoms with Crippen LogP contribution in [0.3, 0.4) is 0 Å². The van der Waals surface area contributed by atoms with Crippen LogP contribution in [0.15, 0.2) is 48.5 Å². The number of carbonyl (C=O) groups excluding carboxylic acids is 2. The van der Waals surface area contributed by atoms with Crippen molar-refractivity contribution in [2.24, 2.45) is 0 Å². The second-order valence-electron chi connectivity index (χ2n) is 6.64. The topological polar surface area (TPSA) is 79.5 Å². The smallest absolute Gasteiger partial charge is 0.416 e. The van der Waals surface area contributed by atoms with Crippen LogP contribution in [0.4, 0.5) is 18.9 Å². The number of alkyl halides is 3. The molecular formula is C20H20F3N3O3. The predicted molar refractivity (Wildman–Crippen MR) is 101 cm³/mol. The van der Waals surface area contributed by atoms with Crippen molar-refractivity contribution in [3.63, 3.8) is 0 Å². The Bertz CT molecular complexity index is 848. The number of hydrogen-bond acceptors (Lipinski definition) is 4. The Morgan fingerprint density at radius 2 is 1.45 bits per heavy atom. The molecule has 2 amide bonds. The molecule has 0 aliphatic heterocycles. The molecule has 0 saturated heterocycles. The van der Waals surface area contributed by atoms with Crippen molar-refractivity contribution in [3.05, 3.63) is 54.1 Å². The molecule has 0 atom stereocenters. The minimum absolute atomic E-state index is 0.0120. The van der Waals surface area contributed by atoms with Gasteiger partial charge in [-0.1, -0.05) is 0 Å². The first-order chi connectivity index (χ1) is 13.8. The summed E-state index contributed by atoms with van der Waals surface area (Å²) in [5.74, 6) is 0.242. The van der Waals surface area contributed by atoms with E-state index in [1.165, 1.54) is 12.1 Å². The van der Waals surface area contributed by atoms with E-state index in [4.69, 9.17) is 4.74 Å². The maximum atomic E-state index is 12.6. The van der Waals surface area contributed by atoms with E-state index in [2.05, 4.69) is 16.0 Å². The molecule has 0 radical (unpaired) electrons. The number of carbonyl (C=O) groups is 2. The molecule has 1 aliphatic carbocycles. The first kappa shape index (κ1) is 20.7. The highest BCUT2D eigenvalue weighted by Crippen LogP contribution is 2.31. The molecule has 0 aromatic heterocycles. The number of amides is 2. The van der Waals surface area contributed by atoms with Crippen molar-refractivity contribution in [2.75, 3.05) is 18.4 Å². The van der Waals surface area contributed by atoms with Gasteiger partial charge >= 0.3 is 6.18 Å². The van der Waals surface area contributed by atoms with Crippen molar-refractivity contribution in [1.82, 2.24) is 10.6 Å². The number of anilines is 1. The predicted octanol–water partition coefficient (Wildman–Crippen LogP) is 3.30. The number of benzene rings is 2. The second-order valence-corrected chi connectivity index (χ2v) is 6.64. The van der Waals surface area contributed by atoms with Crippen LogP contribution in [0.5, 0.6) is 11.5 Å². The molecule has 1 aliphatic rings. The molecule has 9 heteroatoms. The minimum Gasteiger partial charge on any atom is -0.457 e. The Morgan fingerprint density at radius 3 is 2.00 bits per heavy atom. The van der Waals surface area contributed by atoms with Gasteiger partial charge in [-0.05, 0) is 61.4 Å². The summed E-state index contributed by atoms with van der Waals surface area (Å²) in [4.78, 5) is 23.4. The van der Waals surface area contributed by atoms with E-state index in [0.717, 1.165) is 25.0 Å². The van der Waals surface area contributed by atoms with Gasteiger partial charge in [0.25, 0.3) is 0 Å². The van der Waals surface area contributed by atoms with Gasteiger partial charge in [-0.25, -0.2) is 0 Å². The Hall–Kier alpha value is -3.07. The number of hydrogen-bond donors (Lipinski definition) is 3. The fraction of sp³-hybridized carbons (Fsp3) is 0.300. The zero-order chi connectivity index (χ0) is 20.9. The molecule has 0 bridgehead atoms. The Labute approximate surface area is 165 Å². The molecule has 2 aromatic carbocycles. The molecule has 0 unspecified atom stereocenters. The van der Waals surface area contributed by atoms with Crippen LogP contribution in [-0.4, -0.2) is 30.9 Å². The zero-order valence-corrected chi connectivity index (χ0v) is 15.4. The fourth-order valence-electron chi connectivity index (χ4n) is 2.46. The molecular weight excluding hydrogens is 387 g/mol. The summed E-state index contributed by atoms with van der Waals surface area (Å²) in [7, 11) is 0. The van der Waals surface area contributed by atoms with Crippen LogP contribution in [-0.2, 0) is 15.8 Å². The minimum atomic E-state index is -4.39. The fourth-order valence-corrected chi connectivity index (χ4v) is 2.46. The largest absolute Gasteiger partial charge is 0.457 e. The van der Waals surface area contributed by atoms with E-state index in [1.807, 2.05) is 0 Å². The average Bonchev–Trinajstić information content (AvgIpc) is 3.47. The van der Waals surface area contributed by atoms with E-state index in [9.17, 15) is 22.8 Å². The Morgan fingerprint density at radius 1 is 0.897 bits per heavy atom. The Balaban J connectivity index is 1.43.